The van der Waals surface area contributed by atoms with Crippen molar-refractivity contribution in [3.63, 3.8) is 0 Å². The van der Waals surface area contributed by atoms with E-state index in [1.807, 2.05) is 0 Å². The SMILES string of the molecule is CCOCCNC(=O)c1[nH]cc(C(=O)NCc2c(F)cc(F)cc2F)c(=O)c1O. The van der Waals surface area contributed by atoms with Gasteiger partial charge in [-0.25, -0.2) is 13.2 Å². The number of rotatable bonds is 8. The van der Waals surface area contributed by atoms with Crippen LogP contribution in [0.4, 0.5) is 13.2 Å². The Morgan fingerprint density at radius 2 is 1.79 bits per heavy atom. The van der Waals surface area contributed by atoms with Gasteiger partial charge < -0.3 is 25.5 Å². The Morgan fingerprint density at radius 3 is 2.41 bits per heavy atom. The number of ether oxygens (including phenoxy) is 1. The van der Waals surface area contributed by atoms with Crippen molar-refractivity contribution in [1.82, 2.24) is 15.6 Å². The molecule has 0 unspecified atom stereocenters. The highest BCUT2D eigenvalue weighted by Gasteiger charge is 2.21. The third-order valence-corrected chi connectivity index (χ3v) is 3.80. The first-order valence-electron chi connectivity index (χ1n) is 8.48. The van der Waals surface area contributed by atoms with Crippen LogP contribution in [-0.4, -0.2) is 41.7 Å². The molecule has 1 heterocycles. The summed E-state index contributed by atoms with van der Waals surface area (Å²) >= 11 is 0. The molecule has 8 nitrogen and oxygen atoms in total. The van der Waals surface area contributed by atoms with E-state index in [0.29, 0.717) is 18.7 Å². The van der Waals surface area contributed by atoms with Gasteiger partial charge in [-0.05, 0) is 6.92 Å². The molecule has 2 rings (SSSR count). The average Bonchev–Trinajstić information content (AvgIpc) is 2.66. The predicted octanol–water partition coefficient (Wildman–Crippen LogP) is 1.19. The molecule has 156 valence electrons. The molecule has 0 atom stereocenters. The minimum atomic E-state index is -1.21. The van der Waals surface area contributed by atoms with E-state index in [9.17, 15) is 32.7 Å². The first-order chi connectivity index (χ1) is 13.8. The number of aromatic amines is 1. The van der Waals surface area contributed by atoms with Crippen LogP contribution in [0.25, 0.3) is 0 Å². The van der Waals surface area contributed by atoms with E-state index in [4.69, 9.17) is 4.74 Å². The van der Waals surface area contributed by atoms with Gasteiger partial charge in [0.25, 0.3) is 11.8 Å². The molecule has 0 spiro atoms. The number of aromatic nitrogens is 1. The first-order valence-corrected chi connectivity index (χ1v) is 8.48. The van der Waals surface area contributed by atoms with Gasteiger partial charge in [0, 0.05) is 43.6 Å². The number of aromatic hydroxyl groups is 1. The van der Waals surface area contributed by atoms with Crippen LogP contribution in [-0.2, 0) is 11.3 Å². The van der Waals surface area contributed by atoms with Crippen molar-refractivity contribution < 1.29 is 32.6 Å². The Kier molecular flexibility index (Phi) is 7.37. The lowest BCUT2D eigenvalue weighted by Crippen LogP contribution is -2.32. The van der Waals surface area contributed by atoms with Gasteiger partial charge in [0.15, 0.2) is 11.4 Å². The first kappa shape index (κ1) is 22.0. The number of amides is 2. The summed E-state index contributed by atoms with van der Waals surface area (Å²) in [7, 11) is 0. The summed E-state index contributed by atoms with van der Waals surface area (Å²) < 4.78 is 45.2. The zero-order chi connectivity index (χ0) is 21.6. The third kappa shape index (κ3) is 5.35. The molecule has 2 aromatic rings. The fourth-order valence-electron chi connectivity index (χ4n) is 2.34. The van der Waals surface area contributed by atoms with Crippen LogP contribution in [0.5, 0.6) is 5.75 Å². The highest BCUT2D eigenvalue weighted by Crippen LogP contribution is 2.15. The second-order valence-electron chi connectivity index (χ2n) is 5.74. The molecule has 0 bridgehead atoms. The van der Waals surface area contributed by atoms with Crippen LogP contribution >= 0.6 is 0 Å². The van der Waals surface area contributed by atoms with E-state index in [2.05, 4.69) is 15.6 Å². The molecule has 2 amide bonds. The highest BCUT2D eigenvalue weighted by molar-refractivity contribution is 5.98. The Bertz CT molecular complexity index is 955. The van der Waals surface area contributed by atoms with Crippen molar-refractivity contribution in [2.45, 2.75) is 13.5 Å². The van der Waals surface area contributed by atoms with E-state index in [0.717, 1.165) is 6.20 Å². The number of carbonyl (C=O) groups excluding carboxylic acids is 2. The van der Waals surface area contributed by atoms with Crippen molar-refractivity contribution in [2.75, 3.05) is 19.8 Å². The molecule has 4 N–H and O–H groups in total. The number of H-pyrrole nitrogens is 1. The minimum Gasteiger partial charge on any atom is -0.503 e. The van der Waals surface area contributed by atoms with Crippen LogP contribution in [0.2, 0.25) is 0 Å². The molecule has 0 saturated carbocycles. The summed E-state index contributed by atoms with van der Waals surface area (Å²) in [5, 5.41) is 14.4. The minimum absolute atomic E-state index is 0.130. The normalized spacial score (nSPS) is 10.6. The van der Waals surface area contributed by atoms with Crippen molar-refractivity contribution in [1.29, 1.82) is 0 Å². The lowest BCUT2D eigenvalue weighted by Gasteiger charge is -2.10. The lowest BCUT2D eigenvalue weighted by molar-refractivity contribution is 0.0909. The number of hydrogen-bond acceptors (Lipinski definition) is 5. The smallest absolute Gasteiger partial charge is 0.271 e. The third-order valence-electron chi connectivity index (χ3n) is 3.80. The molecule has 1 aromatic heterocycles. The Labute approximate surface area is 162 Å². The summed E-state index contributed by atoms with van der Waals surface area (Å²) in [6.45, 7) is 1.91. The van der Waals surface area contributed by atoms with Crippen molar-refractivity contribution >= 4 is 11.8 Å². The molecule has 0 fully saturated rings. The summed E-state index contributed by atoms with van der Waals surface area (Å²) in [4.78, 5) is 38.6. The van der Waals surface area contributed by atoms with E-state index >= 15 is 0 Å². The molecular weight excluding hydrogens is 395 g/mol. The molecule has 0 aliphatic carbocycles. The van der Waals surface area contributed by atoms with Gasteiger partial charge in [-0.2, -0.15) is 0 Å². The zero-order valence-corrected chi connectivity index (χ0v) is 15.3. The van der Waals surface area contributed by atoms with Crippen LogP contribution in [0.1, 0.15) is 33.3 Å². The molecule has 0 aliphatic heterocycles. The summed E-state index contributed by atoms with van der Waals surface area (Å²) in [6, 6.07) is 0.893. The molecular formula is C18H18F3N3O5. The van der Waals surface area contributed by atoms with Crippen LogP contribution < -0.4 is 16.1 Å². The topological polar surface area (TPSA) is 121 Å². The van der Waals surface area contributed by atoms with Crippen LogP contribution in [0, 0.1) is 17.5 Å². The number of carbonyl (C=O) groups is 2. The number of pyridine rings is 1. The Hall–Kier alpha value is -3.34. The van der Waals surface area contributed by atoms with E-state index < -0.39 is 63.8 Å². The van der Waals surface area contributed by atoms with Gasteiger partial charge in [-0.15, -0.1) is 0 Å². The standard InChI is InChI=1S/C18H18F3N3O5/c1-2-29-4-3-22-18(28)14-16(26)15(25)11(8-23-14)17(27)24-7-10-12(20)5-9(19)6-13(10)21/h5-6,8,26H,2-4,7H2,1H3,(H,22,28)(H,23,25)(H,24,27). The Morgan fingerprint density at radius 1 is 1.14 bits per heavy atom. The lowest BCUT2D eigenvalue weighted by atomic mass is 10.1. The van der Waals surface area contributed by atoms with Gasteiger partial charge in [0.2, 0.25) is 5.43 Å². The fourth-order valence-corrected chi connectivity index (χ4v) is 2.34. The summed E-state index contributed by atoms with van der Waals surface area (Å²) in [6.07, 6.45) is 0.881. The number of benzene rings is 1. The van der Waals surface area contributed by atoms with E-state index in [-0.39, 0.29) is 13.2 Å². The van der Waals surface area contributed by atoms with E-state index in [1.54, 1.807) is 6.92 Å². The number of nitrogens with one attached hydrogen (secondary N) is 3. The summed E-state index contributed by atoms with van der Waals surface area (Å²) in [5.74, 6) is -6.38. The van der Waals surface area contributed by atoms with Gasteiger partial charge in [0.05, 0.1) is 6.61 Å². The highest BCUT2D eigenvalue weighted by atomic mass is 19.1. The predicted molar refractivity (Wildman–Crippen MR) is 95.0 cm³/mol. The largest absolute Gasteiger partial charge is 0.503 e. The molecule has 0 aliphatic rings. The molecule has 0 saturated heterocycles. The van der Waals surface area contributed by atoms with Crippen molar-refractivity contribution in [3.8, 4) is 5.75 Å². The monoisotopic (exact) mass is 413 g/mol. The maximum Gasteiger partial charge on any atom is 0.271 e. The second-order valence-corrected chi connectivity index (χ2v) is 5.74. The molecule has 1 aromatic carbocycles. The summed E-state index contributed by atoms with van der Waals surface area (Å²) in [5.41, 5.74) is -2.81. The second kappa shape index (κ2) is 9.73. The van der Waals surface area contributed by atoms with Gasteiger partial charge in [-0.1, -0.05) is 0 Å². The van der Waals surface area contributed by atoms with Crippen LogP contribution in [0.3, 0.4) is 0 Å². The maximum absolute atomic E-state index is 13.6. The average molecular weight is 413 g/mol. The fraction of sp³-hybridized carbons (Fsp3) is 0.278. The van der Waals surface area contributed by atoms with Crippen LogP contribution in [0.15, 0.2) is 23.1 Å². The number of halogens is 3. The molecule has 0 radical (unpaired) electrons. The van der Waals surface area contributed by atoms with Crippen molar-refractivity contribution in [2.24, 2.45) is 0 Å². The quantitative estimate of drug-likeness (QED) is 0.485. The molecule has 11 heteroatoms. The van der Waals surface area contributed by atoms with Gasteiger partial charge >= 0.3 is 0 Å². The molecule has 29 heavy (non-hydrogen) atoms. The van der Waals surface area contributed by atoms with E-state index in [1.165, 1.54) is 0 Å². The maximum atomic E-state index is 13.6. The Balaban J connectivity index is 2.11. The van der Waals surface area contributed by atoms with Crippen molar-refractivity contribution in [3.05, 3.63) is 62.8 Å². The zero-order valence-electron chi connectivity index (χ0n) is 15.3. The van der Waals surface area contributed by atoms with Gasteiger partial charge in [-0.3, -0.25) is 14.4 Å². The number of hydrogen-bond donors (Lipinski definition) is 4. The van der Waals surface area contributed by atoms with Gasteiger partial charge in [0.1, 0.15) is 23.0 Å².